The summed E-state index contributed by atoms with van der Waals surface area (Å²) in [7, 11) is 0. The third-order valence-electron chi connectivity index (χ3n) is 2.81. The number of rotatable bonds is 1. The van der Waals surface area contributed by atoms with E-state index < -0.39 is 0 Å². The Hall–Kier alpha value is -0.970. The Morgan fingerprint density at radius 2 is 2.27 bits per heavy atom. The van der Waals surface area contributed by atoms with E-state index >= 15 is 0 Å². The number of likely N-dealkylation sites (tertiary alicyclic amines) is 1. The lowest BCUT2D eigenvalue weighted by atomic mass is 9.93. The monoisotopic (exact) mass is 225 g/mol. The van der Waals surface area contributed by atoms with E-state index in [1.54, 1.807) is 0 Å². The van der Waals surface area contributed by atoms with Crippen molar-refractivity contribution < 1.29 is 4.79 Å². The van der Waals surface area contributed by atoms with Crippen molar-refractivity contribution >= 4 is 17.4 Å². The molecular weight excluding hydrogens is 210 g/mol. The topological polar surface area (TPSA) is 46.1 Å². The molecule has 1 aromatic rings. The fourth-order valence-corrected chi connectivity index (χ4v) is 2.48. The van der Waals surface area contributed by atoms with Crippen LogP contribution in [-0.4, -0.2) is 33.5 Å². The third kappa shape index (κ3) is 2.02. The van der Waals surface area contributed by atoms with Crippen LogP contribution in [0.25, 0.3) is 0 Å². The van der Waals surface area contributed by atoms with Crippen molar-refractivity contribution in [3.05, 3.63) is 10.6 Å². The Morgan fingerprint density at radius 1 is 1.53 bits per heavy atom. The molecule has 0 radical (unpaired) electrons. The molecule has 15 heavy (non-hydrogen) atoms. The highest BCUT2D eigenvalue weighted by molar-refractivity contribution is 7.07. The van der Waals surface area contributed by atoms with E-state index in [-0.39, 0.29) is 11.3 Å². The summed E-state index contributed by atoms with van der Waals surface area (Å²) < 4.78 is 3.79. The maximum atomic E-state index is 12.1. The Kier molecular flexibility index (Phi) is 2.50. The number of carbonyl (C=O) groups excluding carboxylic acids is 1. The van der Waals surface area contributed by atoms with Crippen molar-refractivity contribution in [2.24, 2.45) is 5.41 Å². The molecule has 4 nitrogen and oxygen atoms in total. The summed E-state index contributed by atoms with van der Waals surface area (Å²) in [5.41, 5.74) is 0.997. The zero-order valence-corrected chi connectivity index (χ0v) is 10.1. The molecule has 0 aromatic carbocycles. The van der Waals surface area contributed by atoms with Crippen molar-refractivity contribution in [2.45, 2.75) is 27.2 Å². The minimum Gasteiger partial charge on any atom is -0.337 e. The van der Waals surface area contributed by atoms with Crippen molar-refractivity contribution in [3.63, 3.8) is 0 Å². The lowest BCUT2D eigenvalue weighted by Gasteiger charge is -2.19. The predicted molar refractivity (Wildman–Crippen MR) is 58.9 cm³/mol. The normalized spacial score (nSPS) is 19.5. The lowest BCUT2D eigenvalue weighted by Crippen LogP contribution is -2.30. The molecular formula is C10H15N3OS. The molecule has 0 atom stereocenters. The fourth-order valence-electron chi connectivity index (χ4n) is 1.86. The van der Waals surface area contributed by atoms with Crippen LogP contribution >= 0.6 is 11.5 Å². The van der Waals surface area contributed by atoms with Gasteiger partial charge in [0.2, 0.25) is 0 Å². The summed E-state index contributed by atoms with van der Waals surface area (Å²) in [5, 5.41) is 3.87. The Labute approximate surface area is 93.5 Å². The number of amides is 1. The first kappa shape index (κ1) is 10.5. The van der Waals surface area contributed by atoms with Crippen LogP contribution in [0.15, 0.2) is 0 Å². The van der Waals surface area contributed by atoms with Crippen LogP contribution in [0.2, 0.25) is 0 Å². The van der Waals surface area contributed by atoms with Gasteiger partial charge in [0.15, 0.2) is 0 Å². The van der Waals surface area contributed by atoms with Gasteiger partial charge in [-0.05, 0) is 30.3 Å². The highest BCUT2D eigenvalue weighted by Gasteiger charge is 2.33. The van der Waals surface area contributed by atoms with Crippen LogP contribution < -0.4 is 0 Å². The minimum absolute atomic E-state index is 0.0908. The summed E-state index contributed by atoms with van der Waals surface area (Å²) >= 11 is 1.19. The first-order valence-corrected chi connectivity index (χ1v) is 5.85. The molecule has 82 valence electrons. The van der Waals surface area contributed by atoms with E-state index in [0.29, 0.717) is 4.88 Å². The number of aryl methyl sites for hydroxylation is 1. The second kappa shape index (κ2) is 3.56. The summed E-state index contributed by atoms with van der Waals surface area (Å²) in [6.07, 6.45) is 1.07. The van der Waals surface area contributed by atoms with Gasteiger partial charge in [-0.1, -0.05) is 18.3 Å². The molecule has 1 aliphatic heterocycles. The van der Waals surface area contributed by atoms with Crippen molar-refractivity contribution in [1.29, 1.82) is 0 Å². The van der Waals surface area contributed by atoms with Gasteiger partial charge in [0, 0.05) is 13.1 Å². The summed E-state index contributed by atoms with van der Waals surface area (Å²) in [6.45, 7) is 7.90. The second-order valence-electron chi connectivity index (χ2n) is 4.83. The zero-order valence-electron chi connectivity index (χ0n) is 9.28. The number of nitrogens with zero attached hydrogens (tertiary/aromatic N) is 3. The van der Waals surface area contributed by atoms with E-state index in [1.807, 2.05) is 11.8 Å². The highest BCUT2D eigenvalue weighted by atomic mass is 32.1. The van der Waals surface area contributed by atoms with Gasteiger partial charge in [0.25, 0.3) is 5.91 Å². The summed E-state index contributed by atoms with van der Waals surface area (Å²) in [6, 6.07) is 0. The smallest absolute Gasteiger partial charge is 0.267 e. The van der Waals surface area contributed by atoms with Crippen LogP contribution in [-0.2, 0) is 0 Å². The molecule has 0 spiro atoms. The van der Waals surface area contributed by atoms with E-state index in [9.17, 15) is 4.79 Å². The molecule has 0 saturated carbocycles. The molecule has 2 heterocycles. The Bertz CT molecular complexity index is 386. The van der Waals surface area contributed by atoms with Gasteiger partial charge in [-0.15, -0.1) is 5.10 Å². The van der Waals surface area contributed by atoms with E-state index in [2.05, 4.69) is 23.4 Å². The summed E-state index contributed by atoms with van der Waals surface area (Å²) in [5.74, 6) is 0.0908. The SMILES string of the molecule is Cc1nnsc1C(=O)N1CCC(C)(C)C1. The third-order valence-corrected chi connectivity index (χ3v) is 3.63. The van der Waals surface area contributed by atoms with Crippen LogP contribution in [0.3, 0.4) is 0 Å². The van der Waals surface area contributed by atoms with Crippen LogP contribution in [0.5, 0.6) is 0 Å². The van der Waals surface area contributed by atoms with Gasteiger partial charge < -0.3 is 4.90 Å². The van der Waals surface area contributed by atoms with E-state index in [1.165, 1.54) is 11.5 Å². The molecule has 0 aliphatic carbocycles. The molecule has 2 rings (SSSR count). The average Bonchev–Trinajstić information content (AvgIpc) is 2.71. The number of carbonyl (C=O) groups is 1. The van der Waals surface area contributed by atoms with Gasteiger partial charge in [0.05, 0.1) is 5.69 Å². The molecule has 1 aliphatic rings. The maximum Gasteiger partial charge on any atom is 0.267 e. The average molecular weight is 225 g/mol. The largest absolute Gasteiger partial charge is 0.337 e. The van der Waals surface area contributed by atoms with Crippen LogP contribution in [0.1, 0.15) is 35.6 Å². The maximum absolute atomic E-state index is 12.1. The van der Waals surface area contributed by atoms with Gasteiger partial charge in [-0.2, -0.15) is 0 Å². The molecule has 5 heteroatoms. The predicted octanol–water partition coefficient (Wildman–Crippen LogP) is 1.72. The molecule has 1 aromatic heterocycles. The standard InChI is InChI=1S/C10H15N3OS/c1-7-8(15-12-11-7)9(14)13-5-4-10(2,3)6-13/h4-6H2,1-3H3. The van der Waals surface area contributed by atoms with Gasteiger partial charge in [-0.25, -0.2) is 0 Å². The molecule has 1 amide bonds. The minimum atomic E-state index is 0.0908. The molecule has 1 saturated heterocycles. The first-order chi connectivity index (χ1) is 6.99. The zero-order chi connectivity index (χ0) is 11.1. The van der Waals surface area contributed by atoms with Crippen molar-refractivity contribution in [2.75, 3.05) is 13.1 Å². The number of hydrogen-bond donors (Lipinski definition) is 0. The van der Waals surface area contributed by atoms with Gasteiger partial charge in [0.1, 0.15) is 4.88 Å². The molecule has 0 N–H and O–H groups in total. The Morgan fingerprint density at radius 3 is 2.73 bits per heavy atom. The van der Waals surface area contributed by atoms with E-state index in [0.717, 1.165) is 25.2 Å². The first-order valence-electron chi connectivity index (χ1n) is 5.08. The Balaban J connectivity index is 2.14. The molecule has 0 unspecified atom stereocenters. The van der Waals surface area contributed by atoms with E-state index in [4.69, 9.17) is 0 Å². The highest BCUT2D eigenvalue weighted by Crippen LogP contribution is 2.30. The molecule has 0 bridgehead atoms. The summed E-state index contributed by atoms with van der Waals surface area (Å²) in [4.78, 5) is 14.7. The van der Waals surface area contributed by atoms with Crippen molar-refractivity contribution in [3.8, 4) is 0 Å². The van der Waals surface area contributed by atoms with Crippen LogP contribution in [0.4, 0.5) is 0 Å². The number of hydrogen-bond acceptors (Lipinski definition) is 4. The van der Waals surface area contributed by atoms with Crippen LogP contribution in [0, 0.1) is 12.3 Å². The number of aromatic nitrogens is 2. The van der Waals surface area contributed by atoms with Crippen molar-refractivity contribution in [1.82, 2.24) is 14.5 Å². The van der Waals surface area contributed by atoms with Gasteiger partial charge >= 0.3 is 0 Å². The fraction of sp³-hybridized carbons (Fsp3) is 0.700. The second-order valence-corrected chi connectivity index (χ2v) is 5.58. The quantitative estimate of drug-likeness (QED) is 0.731. The lowest BCUT2D eigenvalue weighted by molar-refractivity contribution is 0.0782. The molecule has 1 fully saturated rings. The van der Waals surface area contributed by atoms with Gasteiger partial charge in [-0.3, -0.25) is 4.79 Å².